The molecule has 1 aromatic heterocycles. The highest BCUT2D eigenvalue weighted by Gasteiger charge is 2.49. The van der Waals surface area contributed by atoms with Crippen LogP contribution in [0.2, 0.25) is 0 Å². The summed E-state index contributed by atoms with van der Waals surface area (Å²) in [6.45, 7) is 21.6. The highest BCUT2D eigenvalue weighted by molar-refractivity contribution is 6.08. The predicted molar refractivity (Wildman–Crippen MR) is 589 cm³/mol. The molecule has 2 unspecified atom stereocenters. The Kier molecular flexibility index (Phi) is 22.5. The minimum absolute atomic E-state index is 0.0325. The van der Waals surface area contributed by atoms with Gasteiger partial charge in [-0.05, 0) is 328 Å². The Balaban J connectivity index is 0.540. The SMILES string of the molecule is C=Cc1ccc(Oc2ccc(C3(c4ccc(C(C)(C)C)cc4)c4ccccc4-c4ccc(N(c5ccccc5)c5ccc(-c6ccc(N(c7ccccc7)c7ccc8oc9ccc(N(c%10ccccc%10)c%10ccc(-c%11ccc(N(c%12ccccc%12)c%12ccc%13c(c%12)C(c%12ccc(Oc%14ccc(C=C)cc%14)cc%12)(c%12ccc(C(C)(C)C)cc%12)c%12ccccc%12-%13)cc%11)cc%10)cc9c8c7)cc6)cc5)cc43)cc2)cc1. The van der Waals surface area contributed by atoms with Crippen LogP contribution in [0.4, 0.5) is 68.2 Å². The van der Waals surface area contributed by atoms with Gasteiger partial charge in [0.15, 0.2) is 0 Å². The lowest BCUT2D eigenvalue weighted by Crippen LogP contribution is -2.29. The number of benzene rings is 20. The molecule has 2 aliphatic carbocycles. The van der Waals surface area contributed by atoms with E-state index < -0.39 is 10.8 Å². The average molecular weight is 1820 g/mol. The molecule has 0 aliphatic heterocycles. The Morgan fingerprint density at radius 2 is 0.454 bits per heavy atom. The van der Waals surface area contributed by atoms with Gasteiger partial charge in [0.1, 0.15) is 34.2 Å². The van der Waals surface area contributed by atoms with Gasteiger partial charge in [-0.1, -0.05) is 346 Å². The third kappa shape index (κ3) is 16.1. The smallest absolute Gasteiger partial charge is 0.135 e. The Morgan fingerprint density at radius 3 is 0.738 bits per heavy atom. The Labute approximate surface area is 826 Å². The normalized spacial score (nSPS) is 14.0. The van der Waals surface area contributed by atoms with Crippen LogP contribution in [0.25, 0.3) is 78.6 Å². The first-order valence-electron chi connectivity index (χ1n) is 48.5. The highest BCUT2D eigenvalue weighted by atomic mass is 16.5. The Hall–Kier alpha value is -17.5. The number of nitrogens with zero attached hydrogens (tertiary/aromatic N) is 4. The third-order valence-electron chi connectivity index (χ3n) is 28.4. The Bertz CT molecular complexity index is 7700. The van der Waals surface area contributed by atoms with Crippen LogP contribution in [0.15, 0.2) is 503 Å². The molecular formula is C134H104N4O3. The summed E-state index contributed by atoms with van der Waals surface area (Å²) in [5.74, 6) is 3.07. The summed E-state index contributed by atoms with van der Waals surface area (Å²) in [5.41, 5.74) is 36.1. The number of rotatable bonds is 24. The van der Waals surface area contributed by atoms with Crippen molar-refractivity contribution in [3.05, 3.63) is 565 Å². The van der Waals surface area contributed by atoms with Gasteiger partial charge in [-0.25, -0.2) is 0 Å². The van der Waals surface area contributed by atoms with Crippen molar-refractivity contribution >= 4 is 102 Å². The van der Waals surface area contributed by atoms with Gasteiger partial charge in [-0.15, -0.1) is 0 Å². The van der Waals surface area contributed by atoms with Gasteiger partial charge < -0.3 is 33.5 Å². The minimum Gasteiger partial charge on any atom is -0.457 e. The molecule has 1 heterocycles. The van der Waals surface area contributed by atoms with Crippen LogP contribution in [-0.2, 0) is 21.7 Å². The second kappa shape index (κ2) is 36.2. The van der Waals surface area contributed by atoms with Crippen molar-refractivity contribution in [3.63, 3.8) is 0 Å². The van der Waals surface area contributed by atoms with E-state index in [4.69, 9.17) is 13.9 Å². The predicted octanol–water partition coefficient (Wildman–Crippen LogP) is 37.0. The van der Waals surface area contributed by atoms with Crippen LogP contribution in [0.3, 0.4) is 0 Å². The summed E-state index contributed by atoms with van der Waals surface area (Å²) >= 11 is 0. The molecule has 141 heavy (non-hydrogen) atoms. The molecule has 0 N–H and O–H groups in total. The van der Waals surface area contributed by atoms with Crippen molar-refractivity contribution in [2.45, 2.75) is 63.2 Å². The first kappa shape index (κ1) is 87.5. The van der Waals surface area contributed by atoms with E-state index in [0.717, 1.165) is 158 Å². The van der Waals surface area contributed by atoms with Crippen molar-refractivity contribution in [1.82, 2.24) is 0 Å². The van der Waals surface area contributed by atoms with E-state index in [1.54, 1.807) is 0 Å². The summed E-state index contributed by atoms with van der Waals surface area (Å²) in [6, 6.07) is 176. The lowest BCUT2D eigenvalue weighted by atomic mass is 9.67. The number of para-hydroxylation sites is 4. The monoisotopic (exact) mass is 1820 g/mol. The van der Waals surface area contributed by atoms with Gasteiger partial charge >= 0.3 is 0 Å². The molecule has 7 heteroatoms. The van der Waals surface area contributed by atoms with Gasteiger partial charge in [0.2, 0.25) is 0 Å². The average Bonchev–Trinajstić information content (AvgIpc) is 1.54. The Morgan fingerprint density at radius 1 is 0.220 bits per heavy atom. The summed E-state index contributed by atoms with van der Waals surface area (Å²) in [5, 5.41) is 2.03. The molecule has 0 spiro atoms. The molecule has 0 saturated carbocycles. The third-order valence-corrected chi connectivity index (χ3v) is 28.4. The van der Waals surface area contributed by atoms with E-state index >= 15 is 0 Å². The maximum Gasteiger partial charge on any atom is 0.135 e. The van der Waals surface area contributed by atoms with E-state index in [0.29, 0.717) is 0 Å². The molecule has 0 bridgehead atoms. The van der Waals surface area contributed by atoms with E-state index in [2.05, 4.69) is 511 Å². The number of ether oxygens (including phenoxy) is 2. The van der Waals surface area contributed by atoms with Crippen molar-refractivity contribution in [3.8, 4) is 67.5 Å². The van der Waals surface area contributed by atoms with Crippen molar-refractivity contribution in [1.29, 1.82) is 0 Å². The largest absolute Gasteiger partial charge is 0.457 e. The number of hydrogen-bond donors (Lipinski definition) is 0. The lowest BCUT2D eigenvalue weighted by molar-refractivity contribution is 0.482. The van der Waals surface area contributed by atoms with E-state index in [1.165, 1.54) is 66.8 Å². The quantitative estimate of drug-likeness (QED) is 0.0597. The van der Waals surface area contributed by atoms with Crippen molar-refractivity contribution in [2.24, 2.45) is 0 Å². The molecule has 2 aliphatic rings. The van der Waals surface area contributed by atoms with Crippen LogP contribution in [0.5, 0.6) is 23.0 Å². The number of hydrogen-bond acceptors (Lipinski definition) is 7. The van der Waals surface area contributed by atoms with Crippen LogP contribution >= 0.6 is 0 Å². The standard InChI is InChI=1S/C134H104N4O3/c1-9-91-39-75-115(76-40-91)139-117-79-59-101(60-80-117)133(99-55-51-97(52-56-99)131(3,4)5)125-37-25-23-35-119(125)121-83-71-113(89-127(121)133)137(105-31-19-13-20-32-105)109-67-47-95(48-68-109)93-43-63-107(64-44-93)135(103-27-15-11-16-28-103)111-73-85-129-123(87-111)124-88-112(74-86-130(124)141-129)136(104-29-17-12-18-30-104)108-65-45-94(46-66-108)96-49-69-110(70-50-96)138(106-33-21-14-22-34-106)114-72-84-122-120-36-24-26-38-126(120)134(128(122)90-114,100-57-53-98(54-58-100)132(6,7)8)102-61-81-118(82-62-102)140-116-77-41-92(10-2)42-78-116/h9-90H,1-2H2,3-8H3. The topological polar surface area (TPSA) is 44.6 Å². The summed E-state index contributed by atoms with van der Waals surface area (Å²) in [6.07, 6.45) is 3.70. The lowest BCUT2D eigenvalue weighted by Gasteiger charge is -2.35. The maximum atomic E-state index is 6.78. The van der Waals surface area contributed by atoms with Gasteiger partial charge in [0.05, 0.1) is 10.8 Å². The molecule has 23 rings (SSSR count). The van der Waals surface area contributed by atoms with Crippen molar-refractivity contribution < 1.29 is 13.9 Å². The van der Waals surface area contributed by atoms with Gasteiger partial charge in [-0.2, -0.15) is 0 Å². The molecule has 21 aromatic rings. The summed E-state index contributed by atoms with van der Waals surface area (Å²) in [4.78, 5) is 9.47. The molecule has 0 amide bonds. The first-order chi connectivity index (χ1) is 69.0. The zero-order valence-corrected chi connectivity index (χ0v) is 79.8. The molecule has 0 fully saturated rings. The van der Waals surface area contributed by atoms with E-state index in [1.807, 2.05) is 60.7 Å². The first-order valence-corrected chi connectivity index (χ1v) is 48.5. The highest BCUT2D eigenvalue weighted by Crippen LogP contribution is 2.61. The van der Waals surface area contributed by atoms with Crippen LogP contribution in [0, 0.1) is 0 Å². The number of fused-ring (bicyclic) bond motifs is 9. The zero-order chi connectivity index (χ0) is 95.5. The molecular weight excluding hydrogens is 1710 g/mol. The molecule has 678 valence electrons. The summed E-state index contributed by atoms with van der Waals surface area (Å²) in [7, 11) is 0. The number of anilines is 12. The van der Waals surface area contributed by atoms with Crippen LogP contribution < -0.4 is 29.1 Å². The molecule has 0 radical (unpaired) electrons. The maximum absolute atomic E-state index is 6.78. The molecule has 0 saturated heterocycles. The molecule has 7 nitrogen and oxygen atoms in total. The van der Waals surface area contributed by atoms with Gasteiger partial charge in [0, 0.05) is 79.0 Å². The van der Waals surface area contributed by atoms with Crippen molar-refractivity contribution in [2.75, 3.05) is 19.6 Å². The zero-order valence-electron chi connectivity index (χ0n) is 79.8. The number of furan rings is 1. The van der Waals surface area contributed by atoms with Gasteiger partial charge in [-0.3, -0.25) is 0 Å². The minimum atomic E-state index is -0.685. The fraction of sp³-hybridized carbons (Fsp3) is 0.0746. The fourth-order valence-electron chi connectivity index (χ4n) is 21.3. The van der Waals surface area contributed by atoms with E-state index in [-0.39, 0.29) is 10.8 Å². The fourth-order valence-corrected chi connectivity index (χ4v) is 21.3. The molecule has 2 atom stereocenters. The van der Waals surface area contributed by atoms with E-state index in [9.17, 15) is 0 Å². The second-order valence-corrected chi connectivity index (χ2v) is 38.8. The summed E-state index contributed by atoms with van der Waals surface area (Å²) < 4.78 is 19.8. The van der Waals surface area contributed by atoms with Gasteiger partial charge in [0.25, 0.3) is 0 Å². The second-order valence-electron chi connectivity index (χ2n) is 38.8. The van der Waals surface area contributed by atoms with Crippen LogP contribution in [-0.4, -0.2) is 0 Å². The molecule has 20 aromatic carbocycles. The van der Waals surface area contributed by atoms with Crippen LogP contribution in [0.1, 0.15) is 108 Å².